The van der Waals surface area contributed by atoms with Gasteiger partial charge in [-0.1, -0.05) is 6.92 Å². The van der Waals surface area contributed by atoms with Gasteiger partial charge in [0.25, 0.3) is 0 Å². The van der Waals surface area contributed by atoms with Crippen LogP contribution in [0.4, 0.5) is 5.95 Å². The van der Waals surface area contributed by atoms with E-state index < -0.39 is 0 Å². The summed E-state index contributed by atoms with van der Waals surface area (Å²) in [4.78, 5) is 15.7. The summed E-state index contributed by atoms with van der Waals surface area (Å²) < 4.78 is 5.02. The fourth-order valence-corrected chi connectivity index (χ4v) is 1.39. The van der Waals surface area contributed by atoms with Crippen molar-refractivity contribution in [1.29, 1.82) is 0 Å². The van der Waals surface area contributed by atoms with Crippen LogP contribution in [0.3, 0.4) is 0 Å². The molecule has 6 heteroatoms. The molecule has 6 nitrogen and oxygen atoms in total. The second-order valence-electron chi connectivity index (χ2n) is 3.48. The Labute approximate surface area is 99.5 Å². The molecule has 0 fully saturated rings. The van der Waals surface area contributed by atoms with Crippen molar-refractivity contribution in [1.82, 2.24) is 19.9 Å². The third kappa shape index (κ3) is 2.93. The number of aromatic nitrogens is 4. The predicted molar refractivity (Wildman–Crippen MR) is 63.9 cm³/mol. The highest BCUT2D eigenvalue weighted by molar-refractivity contribution is 5.28. The fraction of sp³-hybridized carbons (Fsp3) is 0.364. The van der Waals surface area contributed by atoms with E-state index in [4.69, 9.17) is 4.74 Å². The van der Waals surface area contributed by atoms with Gasteiger partial charge in [0.05, 0.1) is 25.5 Å². The first-order chi connectivity index (χ1) is 8.31. The summed E-state index contributed by atoms with van der Waals surface area (Å²) in [6, 6.07) is 1.70. The van der Waals surface area contributed by atoms with Crippen molar-refractivity contribution in [3.8, 4) is 5.88 Å². The molecule has 2 aromatic heterocycles. The standard InChI is InChI=1S/C11H15N5O/c1-3-9-13-6-8(15-9)7-14-11-12-5-4-10(16-11)17-2/h4-6H,3,7H2,1-2H3,(H,13,15)(H,12,14,16). The van der Waals surface area contributed by atoms with Crippen LogP contribution in [0.1, 0.15) is 18.4 Å². The van der Waals surface area contributed by atoms with E-state index in [0.717, 1.165) is 17.9 Å². The monoisotopic (exact) mass is 233 g/mol. The number of hydrogen-bond donors (Lipinski definition) is 2. The average molecular weight is 233 g/mol. The molecule has 2 N–H and O–H groups in total. The van der Waals surface area contributed by atoms with Crippen LogP contribution >= 0.6 is 0 Å². The predicted octanol–water partition coefficient (Wildman–Crippen LogP) is 1.38. The number of anilines is 1. The molecule has 0 aliphatic carbocycles. The number of methoxy groups -OCH3 is 1. The summed E-state index contributed by atoms with van der Waals surface area (Å²) in [6.45, 7) is 2.67. The van der Waals surface area contributed by atoms with Crippen LogP contribution in [0.2, 0.25) is 0 Å². The van der Waals surface area contributed by atoms with Crippen LogP contribution < -0.4 is 10.1 Å². The first-order valence-electron chi connectivity index (χ1n) is 5.45. The zero-order chi connectivity index (χ0) is 12.1. The quantitative estimate of drug-likeness (QED) is 0.816. The maximum Gasteiger partial charge on any atom is 0.226 e. The third-order valence-electron chi connectivity index (χ3n) is 2.29. The summed E-state index contributed by atoms with van der Waals surface area (Å²) >= 11 is 0. The lowest BCUT2D eigenvalue weighted by molar-refractivity contribution is 0.397. The molecule has 2 aromatic rings. The van der Waals surface area contributed by atoms with Crippen LogP contribution in [0, 0.1) is 0 Å². The molecule has 0 spiro atoms. The van der Waals surface area contributed by atoms with Crippen LogP contribution in [0.25, 0.3) is 0 Å². The Morgan fingerprint density at radius 3 is 3.00 bits per heavy atom. The molecule has 0 aromatic carbocycles. The first-order valence-corrected chi connectivity index (χ1v) is 5.45. The lowest BCUT2D eigenvalue weighted by Gasteiger charge is -2.04. The molecule has 90 valence electrons. The van der Waals surface area contributed by atoms with E-state index in [-0.39, 0.29) is 0 Å². The molecule has 0 radical (unpaired) electrons. The maximum absolute atomic E-state index is 5.02. The van der Waals surface area contributed by atoms with E-state index in [0.29, 0.717) is 18.4 Å². The summed E-state index contributed by atoms with van der Waals surface area (Å²) in [6.07, 6.45) is 4.36. The zero-order valence-corrected chi connectivity index (χ0v) is 9.90. The van der Waals surface area contributed by atoms with Crippen molar-refractivity contribution in [3.63, 3.8) is 0 Å². The number of nitrogens with one attached hydrogen (secondary N) is 2. The Bertz CT molecular complexity index is 482. The number of ether oxygens (including phenoxy) is 1. The molecule has 0 atom stereocenters. The van der Waals surface area contributed by atoms with E-state index in [1.165, 1.54) is 0 Å². The molecule has 0 aliphatic heterocycles. The Hall–Kier alpha value is -2.11. The van der Waals surface area contributed by atoms with Crippen molar-refractivity contribution in [2.24, 2.45) is 0 Å². The minimum absolute atomic E-state index is 0.539. The van der Waals surface area contributed by atoms with Gasteiger partial charge >= 0.3 is 0 Å². The Morgan fingerprint density at radius 1 is 1.41 bits per heavy atom. The Morgan fingerprint density at radius 2 is 2.29 bits per heavy atom. The van der Waals surface area contributed by atoms with Crippen molar-refractivity contribution >= 4 is 5.95 Å². The molecular formula is C11H15N5O. The molecule has 0 amide bonds. The van der Waals surface area contributed by atoms with Gasteiger partial charge < -0.3 is 15.0 Å². The van der Waals surface area contributed by atoms with Crippen LogP contribution in [0.15, 0.2) is 18.5 Å². The minimum atomic E-state index is 0.539. The topological polar surface area (TPSA) is 75.7 Å². The molecular weight excluding hydrogens is 218 g/mol. The maximum atomic E-state index is 5.02. The van der Waals surface area contributed by atoms with Gasteiger partial charge in [0.15, 0.2) is 0 Å². The van der Waals surface area contributed by atoms with E-state index in [1.54, 1.807) is 19.4 Å². The number of rotatable bonds is 5. The summed E-state index contributed by atoms with van der Waals surface area (Å²) in [5.41, 5.74) is 1.01. The molecule has 0 aliphatic rings. The van der Waals surface area contributed by atoms with Gasteiger partial charge in [-0.2, -0.15) is 4.98 Å². The molecule has 17 heavy (non-hydrogen) atoms. The molecule has 0 bridgehead atoms. The van der Waals surface area contributed by atoms with Gasteiger partial charge in [0, 0.05) is 18.7 Å². The zero-order valence-electron chi connectivity index (χ0n) is 9.90. The van der Waals surface area contributed by atoms with Crippen LogP contribution in [-0.4, -0.2) is 27.0 Å². The Balaban J connectivity index is 1.96. The molecule has 2 rings (SSSR count). The lowest BCUT2D eigenvalue weighted by Crippen LogP contribution is -2.04. The summed E-state index contributed by atoms with van der Waals surface area (Å²) in [7, 11) is 1.58. The van der Waals surface area contributed by atoms with Crippen molar-refractivity contribution < 1.29 is 4.74 Å². The highest BCUT2D eigenvalue weighted by Crippen LogP contribution is 2.08. The highest BCUT2D eigenvalue weighted by atomic mass is 16.5. The molecule has 0 unspecified atom stereocenters. The third-order valence-corrected chi connectivity index (χ3v) is 2.29. The van der Waals surface area contributed by atoms with Gasteiger partial charge in [-0.3, -0.25) is 0 Å². The van der Waals surface area contributed by atoms with Gasteiger partial charge in [-0.05, 0) is 0 Å². The summed E-state index contributed by atoms with van der Waals surface area (Å²) in [5.74, 6) is 2.06. The highest BCUT2D eigenvalue weighted by Gasteiger charge is 2.01. The molecule has 0 saturated heterocycles. The lowest BCUT2D eigenvalue weighted by atomic mass is 10.4. The first kappa shape index (κ1) is 11.4. The van der Waals surface area contributed by atoms with Crippen LogP contribution in [-0.2, 0) is 13.0 Å². The smallest absolute Gasteiger partial charge is 0.226 e. The van der Waals surface area contributed by atoms with E-state index >= 15 is 0 Å². The van der Waals surface area contributed by atoms with Gasteiger partial charge in [-0.15, -0.1) is 0 Å². The second kappa shape index (κ2) is 5.29. The Kier molecular flexibility index (Phi) is 3.54. The van der Waals surface area contributed by atoms with Crippen LogP contribution in [0.5, 0.6) is 5.88 Å². The van der Waals surface area contributed by atoms with E-state index in [9.17, 15) is 0 Å². The normalized spacial score (nSPS) is 10.2. The second-order valence-corrected chi connectivity index (χ2v) is 3.48. The SMILES string of the molecule is CCc1ncc(CNc2nccc(OC)n2)[nH]1. The van der Waals surface area contributed by atoms with Gasteiger partial charge in [0.1, 0.15) is 5.82 Å². The number of nitrogens with zero attached hydrogens (tertiary/aromatic N) is 3. The van der Waals surface area contributed by atoms with E-state index in [2.05, 4.69) is 32.2 Å². The van der Waals surface area contributed by atoms with Crippen molar-refractivity contribution in [2.75, 3.05) is 12.4 Å². The average Bonchev–Trinajstić information content (AvgIpc) is 2.84. The number of H-pyrrole nitrogens is 1. The summed E-state index contributed by atoms with van der Waals surface area (Å²) in [5, 5.41) is 3.10. The minimum Gasteiger partial charge on any atom is -0.481 e. The molecule has 0 saturated carbocycles. The van der Waals surface area contributed by atoms with Gasteiger partial charge in [-0.25, -0.2) is 9.97 Å². The molecule has 2 heterocycles. The fourth-order valence-electron chi connectivity index (χ4n) is 1.39. The van der Waals surface area contributed by atoms with E-state index in [1.807, 2.05) is 6.20 Å². The number of aryl methyl sites for hydroxylation is 1. The van der Waals surface area contributed by atoms with Crippen molar-refractivity contribution in [3.05, 3.63) is 30.0 Å². The van der Waals surface area contributed by atoms with Gasteiger partial charge in [0.2, 0.25) is 11.8 Å². The number of hydrogen-bond acceptors (Lipinski definition) is 5. The number of imidazole rings is 1. The van der Waals surface area contributed by atoms with Crippen molar-refractivity contribution in [2.45, 2.75) is 19.9 Å². The largest absolute Gasteiger partial charge is 0.481 e. The number of aromatic amines is 1.